The van der Waals surface area contributed by atoms with Gasteiger partial charge in [-0.05, 0) is 12.1 Å². The molecule has 0 aliphatic rings. The van der Waals surface area contributed by atoms with Crippen molar-refractivity contribution in [3.05, 3.63) is 45.6 Å². The number of hydrogen-bond donors (Lipinski definition) is 1. The van der Waals surface area contributed by atoms with Crippen molar-refractivity contribution in [3.8, 4) is 0 Å². The fraction of sp³-hybridized carbons (Fsp3) is 0.167. The summed E-state index contributed by atoms with van der Waals surface area (Å²) < 4.78 is 1.52. The van der Waals surface area contributed by atoms with E-state index in [-0.39, 0.29) is 22.4 Å². The number of amides is 1. The highest BCUT2D eigenvalue weighted by Gasteiger charge is 2.16. The number of rotatable bonds is 5. The Hall–Kier alpha value is -2.06. The van der Waals surface area contributed by atoms with Crippen molar-refractivity contribution in [1.29, 1.82) is 0 Å². The first-order chi connectivity index (χ1) is 9.97. The SMILES string of the molecule is Cn1nccc1NC(=O)CSc1ccc(Cl)cc1[N+](=O)[O-]. The third kappa shape index (κ3) is 3.96. The standard InChI is InChI=1S/C12H11ClN4O3S/c1-16-11(4-5-14-16)15-12(18)7-21-10-3-2-8(13)6-9(10)17(19)20/h2-6H,7H2,1H3,(H,15,18). The van der Waals surface area contributed by atoms with Gasteiger partial charge in [-0.1, -0.05) is 11.6 Å². The normalized spacial score (nSPS) is 10.4. The zero-order chi connectivity index (χ0) is 15.4. The third-order valence-electron chi connectivity index (χ3n) is 2.56. The smallest absolute Gasteiger partial charge is 0.284 e. The molecule has 0 atom stereocenters. The van der Waals surface area contributed by atoms with Gasteiger partial charge in [0.1, 0.15) is 5.82 Å². The lowest BCUT2D eigenvalue weighted by Gasteiger charge is -2.06. The minimum absolute atomic E-state index is 0.0493. The molecule has 0 saturated heterocycles. The fourth-order valence-electron chi connectivity index (χ4n) is 1.57. The van der Waals surface area contributed by atoms with E-state index in [0.717, 1.165) is 11.8 Å². The van der Waals surface area contributed by atoms with Gasteiger partial charge in [0.2, 0.25) is 5.91 Å². The molecule has 0 spiro atoms. The number of hydrogen-bond acceptors (Lipinski definition) is 5. The molecule has 1 aromatic heterocycles. The van der Waals surface area contributed by atoms with Crippen LogP contribution >= 0.6 is 23.4 Å². The quantitative estimate of drug-likeness (QED) is 0.518. The summed E-state index contributed by atoms with van der Waals surface area (Å²) in [6.07, 6.45) is 1.56. The summed E-state index contributed by atoms with van der Waals surface area (Å²) in [5.41, 5.74) is -0.110. The summed E-state index contributed by atoms with van der Waals surface area (Å²) in [4.78, 5) is 22.6. The number of carbonyl (C=O) groups is 1. The molecule has 1 heterocycles. The van der Waals surface area contributed by atoms with Crippen molar-refractivity contribution in [2.45, 2.75) is 4.90 Å². The maximum atomic E-state index is 11.8. The van der Waals surface area contributed by atoms with Gasteiger partial charge in [-0.15, -0.1) is 11.8 Å². The Balaban J connectivity index is 2.01. The van der Waals surface area contributed by atoms with Crippen LogP contribution in [0.2, 0.25) is 5.02 Å². The van der Waals surface area contributed by atoms with Crippen LogP contribution in [0.4, 0.5) is 11.5 Å². The Kier molecular flexibility index (Phi) is 4.81. The predicted molar refractivity (Wildman–Crippen MR) is 80.7 cm³/mol. The Bertz CT molecular complexity index is 689. The molecule has 2 rings (SSSR count). The highest BCUT2D eigenvalue weighted by atomic mass is 35.5. The molecular weight excluding hydrogens is 316 g/mol. The van der Waals surface area contributed by atoms with Crippen molar-refractivity contribution < 1.29 is 9.72 Å². The molecule has 1 aromatic carbocycles. The van der Waals surface area contributed by atoms with E-state index in [9.17, 15) is 14.9 Å². The Morgan fingerprint density at radius 1 is 1.52 bits per heavy atom. The van der Waals surface area contributed by atoms with Gasteiger partial charge in [0.05, 0.1) is 21.8 Å². The molecule has 7 nitrogen and oxygen atoms in total. The number of benzene rings is 1. The largest absolute Gasteiger partial charge is 0.310 e. The molecule has 0 fully saturated rings. The van der Waals surface area contributed by atoms with E-state index in [1.165, 1.54) is 16.8 Å². The van der Waals surface area contributed by atoms with E-state index in [4.69, 9.17) is 11.6 Å². The number of carbonyl (C=O) groups excluding carboxylic acids is 1. The van der Waals surface area contributed by atoms with Crippen LogP contribution in [0.1, 0.15) is 0 Å². The summed E-state index contributed by atoms with van der Waals surface area (Å²) in [5, 5.41) is 17.8. The first-order valence-electron chi connectivity index (χ1n) is 5.82. The van der Waals surface area contributed by atoms with Crippen LogP contribution < -0.4 is 5.32 Å². The van der Waals surface area contributed by atoms with Crippen molar-refractivity contribution >= 4 is 40.8 Å². The van der Waals surface area contributed by atoms with Gasteiger partial charge in [0.25, 0.3) is 5.69 Å². The monoisotopic (exact) mass is 326 g/mol. The van der Waals surface area contributed by atoms with Gasteiger partial charge >= 0.3 is 0 Å². The molecule has 0 aliphatic carbocycles. The van der Waals surface area contributed by atoms with E-state index >= 15 is 0 Å². The van der Waals surface area contributed by atoms with E-state index in [0.29, 0.717) is 10.7 Å². The van der Waals surface area contributed by atoms with Gasteiger partial charge < -0.3 is 5.32 Å². The number of nitro groups is 1. The molecule has 0 saturated carbocycles. The number of nitro benzene ring substituents is 1. The van der Waals surface area contributed by atoms with Crippen LogP contribution in [0.15, 0.2) is 35.4 Å². The summed E-state index contributed by atoms with van der Waals surface area (Å²) in [7, 11) is 1.70. The first-order valence-corrected chi connectivity index (χ1v) is 7.18. The van der Waals surface area contributed by atoms with E-state index in [2.05, 4.69) is 10.4 Å². The lowest BCUT2D eigenvalue weighted by Crippen LogP contribution is -2.16. The van der Waals surface area contributed by atoms with Crippen LogP contribution in [-0.2, 0) is 11.8 Å². The fourth-order valence-corrected chi connectivity index (χ4v) is 2.54. The van der Waals surface area contributed by atoms with Gasteiger partial charge in [-0.25, -0.2) is 0 Å². The van der Waals surface area contributed by atoms with Gasteiger partial charge in [-0.2, -0.15) is 5.10 Å². The topological polar surface area (TPSA) is 90.1 Å². The molecule has 0 unspecified atom stereocenters. The Morgan fingerprint density at radius 2 is 2.29 bits per heavy atom. The van der Waals surface area contributed by atoms with Gasteiger partial charge in [0.15, 0.2) is 0 Å². The average molecular weight is 327 g/mol. The highest BCUT2D eigenvalue weighted by Crippen LogP contribution is 2.31. The van der Waals surface area contributed by atoms with Crippen molar-refractivity contribution in [2.24, 2.45) is 7.05 Å². The molecule has 21 heavy (non-hydrogen) atoms. The molecular formula is C12H11ClN4O3S. The Morgan fingerprint density at radius 3 is 2.90 bits per heavy atom. The van der Waals surface area contributed by atoms with Crippen molar-refractivity contribution in [3.63, 3.8) is 0 Å². The lowest BCUT2D eigenvalue weighted by molar-refractivity contribution is -0.387. The minimum atomic E-state index is -0.521. The number of halogens is 1. The summed E-state index contributed by atoms with van der Waals surface area (Å²) in [5.74, 6) is 0.340. The molecule has 1 amide bonds. The minimum Gasteiger partial charge on any atom is -0.310 e. The first kappa shape index (κ1) is 15.3. The average Bonchev–Trinajstić information content (AvgIpc) is 2.82. The molecule has 1 N–H and O–H groups in total. The third-order valence-corrected chi connectivity index (χ3v) is 3.86. The van der Waals surface area contributed by atoms with Crippen LogP contribution in [0.3, 0.4) is 0 Å². The zero-order valence-electron chi connectivity index (χ0n) is 10.9. The summed E-state index contributed by atoms with van der Waals surface area (Å²) >= 11 is 6.81. The summed E-state index contributed by atoms with van der Waals surface area (Å²) in [6, 6.07) is 6.01. The number of aromatic nitrogens is 2. The zero-order valence-corrected chi connectivity index (χ0v) is 12.5. The molecule has 9 heteroatoms. The van der Waals surface area contributed by atoms with Crippen LogP contribution in [0.25, 0.3) is 0 Å². The Labute approximate surface area is 129 Å². The lowest BCUT2D eigenvalue weighted by atomic mass is 10.3. The molecule has 0 aliphatic heterocycles. The second-order valence-corrected chi connectivity index (χ2v) is 5.50. The van der Waals surface area contributed by atoms with E-state index in [1.54, 1.807) is 25.4 Å². The maximum Gasteiger partial charge on any atom is 0.284 e. The maximum absolute atomic E-state index is 11.8. The van der Waals surface area contributed by atoms with E-state index < -0.39 is 4.92 Å². The van der Waals surface area contributed by atoms with Crippen LogP contribution in [0.5, 0.6) is 0 Å². The number of nitrogens with one attached hydrogen (secondary N) is 1. The highest BCUT2D eigenvalue weighted by molar-refractivity contribution is 8.00. The van der Waals surface area contributed by atoms with E-state index in [1.807, 2.05) is 0 Å². The second-order valence-electron chi connectivity index (χ2n) is 4.05. The van der Waals surface area contributed by atoms with Gasteiger partial charge in [-0.3, -0.25) is 19.6 Å². The molecule has 0 radical (unpaired) electrons. The molecule has 2 aromatic rings. The van der Waals surface area contributed by atoms with Crippen molar-refractivity contribution in [2.75, 3.05) is 11.1 Å². The number of nitrogens with zero attached hydrogens (tertiary/aromatic N) is 3. The molecule has 110 valence electrons. The van der Waals surface area contributed by atoms with Crippen LogP contribution in [-0.4, -0.2) is 26.4 Å². The molecule has 0 bridgehead atoms. The number of aryl methyl sites for hydroxylation is 1. The second kappa shape index (κ2) is 6.59. The van der Waals surface area contributed by atoms with Crippen molar-refractivity contribution in [1.82, 2.24) is 9.78 Å². The predicted octanol–water partition coefficient (Wildman–Crippen LogP) is 2.71. The number of anilines is 1. The number of thioether (sulfide) groups is 1. The summed E-state index contributed by atoms with van der Waals surface area (Å²) in [6.45, 7) is 0. The van der Waals surface area contributed by atoms with Crippen LogP contribution in [0, 0.1) is 10.1 Å². The van der Waals surface area contributed by atoms with Gasteiger partial charge in [0, 0.05) is 24.2 Å².